The van der Waals surface area contributed by atoms with Crippen molar-refractivity contribution < 1.29 is 0 Å². The number of hydrogen-bond acceptors (Lipinski definition) is 2. The quantitative estimate of drug-likeness (QED) is 0.778. The third-order valence-electron chi connectivity index (χ3n) is 4.20. The first-order valence-electron chi connectivity index (χ1n) is 7.09. The van der Waals surface area contributed by atoms with Crippen LogP contribution in [0.2, 0.25) is 0 Å². The number of anilines is 1. The smallest absolute Gasteiger partial charge is 0.0941 e. The summed E-state index contributed by atoms with van der Waals surface area (Å²) in [5.41, 5.74) is 2.84. The van der Waals surface area contributed by atoms with E-state index in [9.17, 15) is 0 Å². The van der Waals surface area contributed by atoms with Crippen LogP contribution in [0.3, 0.4) is 0 Å². The molecule has 1 aromatic carbocycles. The van der Waals surface area contributed by atoms with Crippen LogP contribution in [0.1, 0.15) is 32.1 Å². The zero-order valence-electron chi connectivity index (χ0n) is 11.2. The molecule has 0 N–H and O–H groups in total. The van der Waals surface area contributed by atoms with Gasteiger partial charge in [-0.3, -0.25) is 0 Å². The molecule has 0 unspecified atom stereocenters. The molecular weight excluding hydrogens is 220 g/mol. The summed E-state index contributed by atoms with van der Waals surface area (Å²) in [5, 5.41) is 0. The third-order valence-corrected chi connectivity index (χ3v) is 4.20. The van der Waals surface area contributed by atoms with Gasteiger partial charge in [0, 0.05) is 30.5 Å². The maximum atomic E-state index is 2.42. The summed E-state index contributed by atoms with van der Waals surface area (Å²) in [4.78, 5) is 4.78. The molecule has 1 aliphatic heterocycles. The van der Waals surface area contributed by atoms with Crippen molar-refractivity contribution in [3.8, 4) is 0 Å². The molecule has 3 rings (SSSR count). The summed E-state index contributed by atoms with van der Waals surface area (Å²) in [5.74, 6) is 0.789. The van der Waals surface area contributed by atoms with Crippen LogP contribution >= 0.6 is 0 Å². The van der Waals surface area contributed by atoms with Crippen LogP contribution in [0.4, 0.5) is 5.69 Å². The number of rotatable bonds is 2. The molecular formula is C16H22N2. The first-order chi connectivity index (χ1) is 8.84. The monoisotopic (exact) mass is 242 g/mol. The van der Waals surface area contributed by atoms with Gasteiger partial charge < -0.3 is 9.80 Å². The van der Waals surface area contributed by atoms with E-state index in [4.69, 9.17) is 0 Å². The molecule has 0 aromatic heterocycles. The average Bonchev–Trinajstić information content (AvgIpc) is 2.83. The highest BCUT2D eigenvalue weighted by molar-refractivity contribution is 5.51. The maximum Gasteiger partial charge on any atom is 0.0941 e. The molecule has 96 valence electrons. The van der Waals surface area contributed by atoms with E-state index in [2.05, 4.69) is 53.4 Å². The largest absolute Gasteiger partial charge is 0.358 e. The summed E-state index contributed by atoms with van der Waals surface area (Å²) in [7, 11) is 2.23. The topological polar surface area (TPSA) is 6.48 Å². The van der Waals surface area contributed by atoms with Crippen LogP contribution in [0.25, 0.3) is 0 Å². The second-order valence-corrected chi connectivity index (χ2v) is 5.53. The van der Waals surface area contributed by atoms with Gasteiger partial charge in [0.2, 0.25) is 0 Å². The normalized spacial score (nSPS) is 21.3. The van der Waals surface area contributed by atoms with Gasteiger partial charge in [0.1, 0.15) is 0 Å². The Labute approximate surface area is 110 Å². The minimum atomic E-state index is 0.789. The molecule has 1 aromatic rings. The fraction of sp³-hybridized carbons (Fsp3) is 0.500. The molecule has 0 bridgehead atoms. The molecule has 0 spiro atoms. The van der Waals surface area contributed by atoms with E-state index in [0.29, 0.717) is 0 Å². The summed E-state index contributed by atoms with van der Waals surface area (Å²) in [6.07, 6.45) is 9.35. The Morgan fingerprint density at radius 3 is 2.44 bits per heavy atom. The van der Waals surface area contributed by atoms with E-state index >= 15 is 0 Å². The molecule has 18 heavy (non-hydrogen) atoms. The van der Waals surface area contributed by atoms with E-state index in [0.717, 1.165) is 12.6 Å². The second kappa shape index (κ2) is 5.05. The minimum absolute atomic E-state index is 0.789. The standard InChI is InChI=1S/C16H22N2/c1-17-13-18(15-10-6-3-7-11-15)12-16(17)14-8-4-2-5-9-14/h3,6-7,10-12,14H,2,4-5,8-9,13H2,1H3. The Balaban J connectivity index is 1.78. The Morgan fingerprint density at radius 2 is 1.72 bits per heavy atom. The Hall–Kier alpha value is -1.44. The van der Waals surface area contributed by atoms with Crippen LogP contribution in [-0.4, -0.2) is 18.6 Å². The minimum Gasteiger partial charge on any atom is -0.358 e. The van der Waals surface area contributed by atoms with Crippen molar-refractivity contribution in [2.75, 3.05) is 18.6 Å². The highest BCUT2D eigenvalue weighted by atomic mass is 15.3. The molecule has 2 nitrogen and oxygen atoms in total. The van der Waals surface area contributed by atoms with Crippen molar-refractivity contribution in [1.29, 1.82) is 0 Å². The summed E-state index contributed by atoms with van der Waals surface area (Å²) >= 11 is 0. The molecule has 0 amide bonds. The Morgan fingerprint density at radius 1 is 1.00 bits per heavy atom. The average molecular weight is 242 g/mol. The van der Waals surface area contributed by atoms with Crippen molar-refractivity contribution in [2.45, 2.75) is 32.1 Å². The molecule has 0 radical (unpaired) electrons. The van der Waals surface area contributed by atoms with Gasteiger partial charge in [-0.1, -0.05) is 37.5 Å². The molecule has 1 heterocycles. The first-order valence-corrected chi connectivity index (χ1v) is 7.09. The Bertz CT molecular complexity index is 418. The SMILES string of the molecule is CN1CN(c2ccccc2)C=C1C1CCCCC1. The second-order valence-electron chi connectivity index (χ2n) is 5.53. The van der Waals surface area contributed by atoms with Crippen molar-refractivity contribution in [1.82, 2.24) is 4.90 Å². The predicted octanol–water partition coefficient (Wildman–Crippen LogP) is 3.82. The fourth-order valence-corrected chi connectivity index (χ4v) is 3.20. The van der Waals surface area contributed by atoms with Gasteiger partial charge in [-0.05, 0) is 25.0 Å². The van der Waals surface area contributed by atoms with E-state index in [1.54, 1.807) is 5.70 Å². The molecule has 2 aliphatic rings. The molecule has 0 saturated heterocycles. The van der Waals surface area contributed by atoms with Crippen molar-refractivity contribution in [3.05, 3.63) is 42.2 Å². The molecule has 0 atom stereocenters. The Kier molecular flexibility index (Phi) is 3.26. The van der Waals surface area contributed by atoms with Gasteiger partial charge in [-0.25, -0.2) is 0 Å². The lowest BCUT2D eigenvalue weighted by Crippen LogP contribution is -2.25. The summed E-state index contributed by atoms with van der Waals surface area (Å²) < 4.78 is 0. The first kappa shape index (κ1) is 11.6. The van der Waals surface area contributed by atoms with E-state index < -0.39 is 0 Å². The molecule has 2 heteroatoms. The zero-order chi connectivity index (χ0) is 12.4. The van der Waals surface area contributed by atoms with Crippen LogP contribution in [0.15, 0.2) is 42.2 Å². The van der Waals surface area contributed by atoms with E-state index in [1.807, 2.05) is 0 Å². The molecule has 1 fully saturated rings. The summed E-state index contributed by atoms with van der Waals surface area (Å²) in [6.45, 7) is 0.996. The van der Waals surface area contributed by atoms with Crippen molar-refractivity contribution in [3.63, 3.8) is 0 Å². The number of hydrogen-bond donors (Lipinski definition) is 0. The number of allylic oxidation sites excluding steroid dienone is 1. The maximum absolute atomic E-state index is 2.42. The zero-order valence-corrected chi connectivity index (χ0v) is 11.2. The predicted molar refractivity (Wildman–Crippen MR) is 76.2 cm³/mol. The lowest BCUT2D eigenvalue weighted by atomic mass is 9.87. The highest BCUT2D eigenvalue weighted by Gasteiger charge is 2.26. The van der Waals surface area contributed by atoms with Gasteiger partial charge in [-0.2, -0.15) is 0 Å². The van der Waals surface area contributed by atoms with Gasteiger partial charge in [-0.15, -0.1) is 0 Å². The fourth-order valence-electron chi connectivity index (χ4n) is 3.20. The van der Waals surface area contributed by atoms with Gasteiger partial charge in [0.05, 0.1) is 6.67 Å². The van der Waals surface area contributed by atoms with Gasteiger partial charge >= 0.3 is 0 Å². The highest BCUT2D eigenvalue weighted by Crippen LogP contribution is 2.34. The number of para-hydroxylation sites is 1. The number of nitrogens with zero attached hydrogens (tertiary/aromatic N) is 2. The summed E-state index contributed by atoms with van der Waals surface area (Å²) in [6, 6.07) is 10.7. The molecule has 1 aliphatic carbocycles. The van der Waals surface area contributed by atoms with Crippen LogP contribution < -0.4 is 4.90 Å². The van der Waals surface area contributed by atoms with E-state index in [1.165, 1.54) is 37.8 Å². The lowest BCUT2D eigenvalue weighted by molar-refractivity contribution is 0.323. The van der Waals surface area contributed by atoms with Crippen LogP contribution in [0.5, 0.6) is 0 Å². The van der Waals surface area contributed by atoms with Crippen LogP contribution in [0, 0.1) is 5.92 Å². The number of benzene rings is 1. The van der Waals surface area contributed by atoms with Crippen molar-refractivity contribution >= 4 is 5.69 Å². The van der Waals surface area contributed by atoms with Gasteiger partial charge in [0.15, 0.2) is 0 Å². The van der Waals surface area contributed by atoms with Crippen molar-refractivity contribution in [2.24, 2.45) is 5.92 Å². The molecule has 1 saturated carbocycles. The van der Waals surface area contributed by atoms with E-state index in [-0.39, 0.29) is 0 Å². The third kappa shape index (κ3) is 2.24. The van der Waals surface area contributed by atoms with Crippen LogP contribution in [-0.2, 0) is 0 Å². The van der Waals surface area contributed by atoms with Gasteiger partial charge in [0.25, 0.3) is 0 Å². The lowest BCUT2D eigenvalue weighted by Gasteiger charge is -2.27.